The first kappa shape index (κ1) is 17.9. The van der Waals surface area contributed by atoms with Crippen LogP contribution in [0.5, 0.6) is 11.5 Å². The van der Waals surface area contributed by atoms with Gasteiger partial charge in [-0.15, -0.1) is 0 Å². The normalized spacial score (nSPS) is 18.4. The summed E-state index contributed by atoms with van der Waals surface area (Å²) in [5, 5.41) is 9.03. The Morgan fingerprint density at radius 1 is 1.52 bits per heavy atom. The van der Waals surface area contributed by atoms with E-state index < -0.39 is 12.6 Å². The molecule has 8 heteroatoms. The number of hydrogen-bond donors (Lipinski definition) is 1. The summed E-state index contributed by atoms with van der Waals surface area (Å²) in [4.78, 5) is 13.0. The molecule has 1 saturated heterocycles. The van der Waals surface area contributed by atoms with E-state index in [-0.39, 0.29) is 17.4 Å². The number of carboxylic acids is 1. The van der Waals surface area contributed by atoms with Gasteiger partial charge < -0.3 is 14.6 Å². The van der Waals surface area contributed by atoms with E-state index in [0.29, 0.717) is 37.1 Å². The van der Waals surface area contributed by atoms with Crippen LogP contribution in [0.25, 0.3) is 0 Å². The Labute approximate surface area is 141 Å². The van der Waals surface area contributed by atoms with Crippen molar-refractivity contribution in [1.29, 1.82) is 0 Å². The molecule has 2 rings (SSSR count). The van der Waals surface area contributed by atoms with Crippen molar-refractivity contribution in [2.45, 2.75) is 26.5 Å². The van der Waals surface area contributed by atoms with Crippen LogP contribution in [0.3, 0.4) is 0 Å². The number of benzene rings is 1. The Balaban J connectivity index is 2.15. The molecule has 23 heavy (non-hydrogen) atoms. The fourth-order valence-corrected chi connectivity index (χ4v) is 3.20. The molecular formula is C15H18BrF2NO4. The summed E-state index contributed by atoms with van der Waals surface area (Å²) in [6, 6.07) is 3.34. The molecule has 0 bridgehead atoms. The molecule has 0 aromatic heterocycles. The maximum atomic E-state index is 12.5. The van der Waals surface area contributed by atoms with Crippen molar-refractivity contribution in [1.82, 2.24) is 4.90 Å². The summed E-state index contributed by atoms with van der Waals surface area (Å²) in [5.74, 6) is -0.933. The lowest BCUT2D eigenvalue weighted by atomic mass is 10.1. The van der Waals surface area contributed by atoms with Crippen molar-refractivity contribution in [3.63, 3.8) is 0 Å². The van der Waals surface area contributed by atoms with E-state index in [1.54, 1.807) is 19.1 Å². The van der Waals surface area contributed by atoms with Crippen LogP contribution in [0.4, 0.5) is 8.78 Å². The highest BCUT2D eigenvalue weighted by atomic mass is 79.9. The van der Waals surface area contributed by atoms with Crippen LogP contribution in [0.15, 0.2) is 16.6 Å². The maximum absolute atomic E-state index is 12.5. The van der Waals surface area contributed by atoms with E-state index in [1.165, 1.54) is 0 Å². The number of ether oxygens (including phenoxy) is 2. The predicted octanol–water partition coefficient (Wildman–Crippen LogP) is 3.36. The Morgan fingerprint density at radius 2 is 2.26 bits per heavy atom. The van der Waals surface area contributed by atoms with Crippen molar-refractivity contribution in [3.8, 4) is 11.5 Å². The van der Waals surface area contributed by atoms with Crippen LogP contribution in [0.2, 0.25) is 0 Å². The number of hydrogen-bond acceptors (Lipinski definition) is 4. The number of nitrogens with zero attached hydrogens (tertiary/aromatic N) is 1. The van der Waals surface area contributed by atoms with Crippen LogP contribution in [0, 0.1) is 5.92 Å². The lowest BCUT2D eigenvalue weighted by molar-refractivity contribution is -0.141. The van der Waals surface area contributed by atoms with Crippen molar-refractivity contribution in [2.75, 3.05) is 19.7 Å². The Hall–Kier alpha value is -1.41. The van der Waals surface area contributed by atoms with Gasteiger partial charge in [0.2, 0.25) is 0 Å². The highest BCUT2D eigenvalue weighted by Gasteiger charge is 2.28. The van der Waals surface area contributed by atoms with Gasteiger partial charge in [0.05, 0.1) is 17.0 Å². The molecule has 1 atom stereocenters. The smallest absolute Gasteiger partial charge is 0.387 e. The number of carbonyl (C=O) groups is 1. The molecule has 128 valence electrons. The van der Waals surface area contributed by atoms with Crippen LogP contribution in [-0.4, -0.2) is 42.3 Å². The van der Waals surface area contributed by atoms with E-state index in [1.807, 2.05) is 4.90 Å². The topological polar surface area (TPSA) is 59.0 Å². The number of rotatable bonds is 7. The fraction of sp³-hybridized carbons (Fsp3) is 0.533. The SMILES string of the molecule is CCOc1cc(CN2CCC(C(=O)O)C2)cc(Br)c1OC(F)F. The van der Waals surface area contributed by atoms with Gasteiger partial charge in [-0.05, 0) is 53.5 Å². The first-order valence-electron chi connectivity index (χ1n) is 7.25. The standard InChI is InChI=1S/C15H18BrF2NO4/c1-2-22-12-6-9(5-11(16)13(12)23-15(17)18)7-19-4-3-10(8-19)14(20)21/h5-6,10,15H,2-4,7-8H2,1H3,(H,20,21). The zero-order valence-electron chi connectivity index (χ0n) is 12.6. The quantitative estimate of drug-likeness (QED) is 0.769. The van der Waals surface area contributed by atoms with Gasteiger partial charge in [-0.25, -0.2) is 0 Å². The summed E-state index contributed by atoms with van der Waals surface area (Å²) < 4.78 is 35.3. The van der Waals surface area contributed by atoms with Gasteiger partial charge in [-0.3, -0.25) is 9.69 Å². The minimum absolute atomic E-state index is 0.0320. The van der Waals surface area contributed by atoms with Gasteiger partial charge >= 0.3 is 12.6 Å². The molecule has 1 unspecified atom stereocenters. The van der Waals surface area contributed by atoms with E-state index in [0.717, 1.165) is 5.56 Å². The molecule has 1 aliphatic rings. The largest absolute Gasteiger partial charge is 0.490 e. The minimum atomic E-state index is -2.94. The third-order valence-corrected chi connectivity index (χ3v) is 4.19. The molecule has 1 aromatic carbocycles. The molecule has 0 radical (unpaired) electrons. The molecule has 0 aliphatic carbocycles. The highest BCUT2D eigenvalue weighted by Crippen LogP contribution is 2.38. The molecule has 0 saturated carbocycles. The van der Waals surface area contributed by atoms with Crippen LogP contribution in [0.1, 0.15) is 18.9 Å². The molecule has 1 aliphatic heterocycles. The zero-order chi connectivity index (χ0) is 17.0. The van der Waals surface area contributed by atoms with E-state index >= 15 is 0 Å². The Bertz CT molecular complexity index is 571. The predicted molar refractivity (Wildman–Crippen MR) is 83.0 cm³/mol. The molecule has 1 fully saturated rings. The molecule has 1 heterocycles. The third-order valence-electron chi connectivity index (χ3n) is 3.60. The zero-order valence-corrected chi connectivity index (χ0v) is 14.2. The number of alkyl halides is 2. The van der Waals surface area contributed by atoms with Crippen LogP contribution < -0.4 is 9.47 Å². The molecule has 5 nitrogen and oxygen atoms in total. The second-order valence-corrected chi connectivity index (χ2v) is 6.13. The first-order valence-corrected chi connectivity index (χ1v) is 8.05. The average molecular weight is 394 g/mol. The summed E-state index contributed by atoms with van der Waals surface area (Å²) in [6.07, 6.45) is 0.612. The van der Waals surface area contributed by atoms with Gasteiger partial charge in [0, 0.05) is 13.1 Å². The average Bonchev–Trinajstić information content (AvgIpc) is 2.91. The summed E-state index contributed by atoms with van der Waals surface area (Å²) in [5.41, 5.74) is 0.841. The summed E-state index contributed by atoms with van der Waals surface area (Å²) in [7, 11) is 0. The molecular weight excluding hydrogens is 376 g/mol. The fourth-order valence-electron chi connectivity index (χ4n) is 2.62. The lowest BCUT2D eigenvalue weighted by Gasteiger charge is -2.18. The van der Waals surface area contributed by atoms with Crippen LogP contribution >= 0.6 is 15.9 Å². The van der Waals surface area contributed by atoms with Gasteiger partial charge in [-0.2, -0.15) is 8.78 Å². The molecule has 1 aromatic rings. The maximum Gasteiger partial charge on any atom is 0.387 e. The van der Waals surface area contributed by atoms with Crippen LogP contribution in [-0.2, 0) is 11.3 Å². The lowest BCUT2D eigenvalue weighted by Crippen LogP contribution is -2.22. The van der Waals surface area contributed by atoms with Crippen molar-refractivity contribution < 1.29 is 28.2 Å². The van der Waals surface area contributed by atoms with E-state index in [4.69, 9.17) is 9.84 Å². The van der Waals surface area contributed by atoms with Gasteiger partial charge in [0.25, 0.3) is 0 Å². The Morgan fingerprint density at radius 3 is 2.83 bits per heavy atom. The molecule has 0 amide bonds. The minimum Gasteiger partial charge on any atom is -0.490 e. The number of carboxylic acid groups (broad SMARTS) is 1. The number of aliphatic carboxylic acids is 1. The Kier molecular flexibility index (Phi) is 6.17. The number of halogens is 3. The second-order valence-electron chi connectivity index (χ2n) is 5.28. The highest BCUT2D eigenvalue weighted by molar-refractivity contribution is 9.10. The second kappa shape index (κ2) is 7.92. The summed E-state index contributed by atoms with van der Waals surface area (Å²) >= 11 is 3.23. The first-order chi connectivity index (χ1) is 10.9. The van der Waals surface area contributed by atoms with Gasteiger partial charge in [0.1, 0.15) is 0 Å². The third kappa shape index (κ3) is 4.78. The van der Waals surface area contributed by atoms with E-state index in [2.05, 4.69) is 20.7 Å². The summed E-state index contributed by atoms with van der Waals surface area (Å²) in [6.45, 7) is 0.828. The van der Waals surface area contributed by atoms with Crippen molar-refractivity contribution in [2.24, 2.45) is 5.92 Å². The van der Waals surface area contributed by atoms with E-state index in [9.17, 15) is 13.6 Å². The molecule has 0 spiro atoms. The van der Waals surface area contributed by atoms with Gasteiger partial charge in [0.15, 0.2) is 11.5 Å². The monoisotopic (exact) mass is 393 g/mol. The van der Waals surface area contributed by atoms with Crippen molar-refractivity contribution >= 4 is 21.9 Å². The van der Waals surface area contributed by atoms with Crippen molar-refractivity contribution in [3.05, 3.63) is 22.2 Å². The molecule has 1 N–H and O–H groups in total. The number of likely N-dealkylation sites (tertiary alicyclic amines) is 1. The van der Waals surface area contributed by atoms with Gasteiger partial charge in [-0.1, -0.05) is 0 Å².